The van der Waals surface area contributed by atoms with Gasteiger partial charge in [0, 0.05) is 55.4 Å². The first-order chi connectivity index (χ1) is 16.2. The average Bonchev–Trinajstić information content (AvgIpc) is 3.49. The van der Waals surface area contributed by atoms with Crippen molar-refractivity contribution in [2.75, 3.05) is 23.7 Å². The van der Waals surface area contributed by atoms with Gasteiger partial charge in [0.1, 0.15) is 5.82 Å². The molecule has 3 N–H and O–H groups in total. The minimum Gasteiger partial charge on any atom is -0.370 e. The first kappa shape index (κ1) is 21.4. The van der Waals surface area contributed by atoms with Crippen LogP contribution >= 0.6 is 0 Å². The molecule has 0 atom stereocenters. The largest absolute Gasteiger partial charge is 0.370 e. The fourth-order valence-corrected chi connectivity index (χ4v) is 4.08. The number of imidazole rings is 1. The molecule has 1 aromatic carbocycles. The van der Waals surface area contributed by atoms with Crippen molar-refractivity contribution in [3.8, 4) is 0 Å². The first-order valence-electron chi connectivity index (χ1n) is 11.9. The van der Waals surface area contributed by atoms with Gasteiger partial charge in [-0.15, -0.1) is 0 Å². The van der Waals surface area contributed by atoms with Crippen LogP contribution in [0, 0.1) is 5.92 Å². The number of carbonyl (C=O) groups is 1. The number of hydrogen-bond acceptors (Lipinski definition) is 6. The first-order valence-corrected chi connectivity index (χ1v) is 11.9. The van der Waals surface area contributed by atoms with Crippen LogP contribution in [0.15, 0.2) is 49.2 Å². The van der Waals surface area contributed by atoms with Crippen LogP contribution < -0.4 is 16.0 Å². The summed E-state index contributed by atoms with van der Waals surface area (Å²) >= 11 is 0. The number of carbonyl (C=O) groups excluding carboxylic acids is 1. The van der Waals surface area contributed by atoms with E-state index in [2.05, 4.69) is 38.1 Å². The predicted octanol–water partition coefficient (Wildman–Crippen LogP) is 4.06. The lowest BCUT2D eigenvalue weighted by Crippen LogP contribution is -2.35. The van der Waals surface area contributed by atoms with Crippen molar-refractivity contribution in [1.82, 2.24) is 24.8 Å². The molecule has 1 amide bonds. The molecule has 0 spiro atoms. The minimum atomic E-state index is 0.212. The fourth-order valence-electron chi connectivity index (χ4n) is 4.08. The number of nitrogens with zero attached hydrogens (tertiary/aromatic N) is 4. The monoisotopic (exact) mass is 445 g/mol. The van der Waals surface area contributed by atoms with E-state index in [4.69, 9.17) is 4.98 Å². The molecule has 0 radical (unpaired) electrons. The number of hydrogen-bond donors (Lipinski definition) is 3. The highest BCUT2D eigenvalue weighted by Gasteiger charge is 2.28. The SMILES string of the molecule is O=C(NCCCNc1nc(Nc2cccc(Cn3ccnc3)c2)ncc1C1CC1)C1CCC1. The third-order valence-corrected chi connectivity index (χ3v) is 6.36. The van der Waals surface area contributed by atoms with Crippen LogP contribution in [-0.4, -0.2) is 38.5 Å². The Morgan fingerprint density at radius 3 is 2.82 bits per heavy atom. The van der Waals surface area contributed by atoms with Crippen LogP contribution in [-0.2, 0) is 11.3 Å². The molecule has 2 saturated carbocycles. The lowest BCUT2D eigenvalue weighted by molar-refractivity contribution is -0.127. The second-order valence-electron chi connectivity index (χ2n) is 9.03. The van der Waals surface area contributed by atoms with Gasteiger partial charge in [0.25, 0.3) is 0 Å². The second kappa shape index (κ2) is 10.0. The number of amides is 1. The standard InChI is InChI=1S/C25H31N7O/c33-24(20-5-2-6-20)28-11-3-10-27-23-22(19-8-9-19)15-29-25(31-23)30-21-7-1-4-18(14-21)16-32-13-12-26-17-32/h1,4,7,12-15,17,19-20H,2-3,5-6,8-11,16H2,(H,28,33)(H2,27,29,30,31). The van der Waals surface area contributed by atoms with Gasteiger partial charge in [-0.1, -0.05) is 18.6 Å². The zero-order chi connectivity index (χ0) is 22.5. The quantitative estimate of drug-likeness (QED) is 0.385. The predicted molar refractivity (Wildman–Crippen MR) is 129 cm³/mol. The molecule has 8 heteroatoms. The maximum absolute atomic E-state index is 12.0. The highest BCUT2D eigenvalue weighted by atomic mass is 16.1. The van der Waals surface area contributed by atoms with E-state index in [0.29, 0.717) is 18.4 Å². The Balaban J connectivity index is 1.18. The number of anilines is 3. The van der Waals surface area contributed by atoms with E-state index in [9.17, 15) is 4.79 Å². The van der Waals surface area contributed by atoms with Crippen LogP contribution in [0.25, 0.3) is 0 Å². The Labute approximate surface area is 194 Å². The highest BCUT2D eigenvalue weighted by molar-refractivity contribution is 5.79. The van der Waals surface area contributed by atoms with Gasteiger partial charge in [0.15, 0.2) is 0 Å². The molecule has 0 saturated heterocycles. The van der Waals surface area contributed by atoms with Crippen molar-refractivity contribution in [3.05, 3.63) is 60.3 Å². The summed E-state index contributed by atoms with van der Waals surface area (Å²) in [5.74, 6) is 2.49. The van der Waals surface area contributed by atoms with Crippen LogP contribution in [0.2, 0.25) is 0 Å². The maximum atomic E-state index is 12.0. The van der Waals surface area contributed by atoms with E-state index >= 15 is 0 Å². The molecule has 0 bridgehead atoms. The summed E-state index contributed by atoms with van der Waals surface area (Å²) in [6.07, 6.45) is 14.0. The molecule has 2 aliphatic carbocycles. The lowest BCUT2D eigenvalue weighted by atomic mass is 9.85. The van der Waals surface area contributed by atoms with Crippen molar-refractivity contribution in [2.45, 2.75) is 51.0 Å². The van der Waals surface area contributed by atoms with Gasteiger partial charge in [-0.05, 0) is 55.7 Å². The summed E-state index contributed by atoms with van der Waals surface area (Å²) < 4.78 is 2.04. The summed E-state index contributed by atoms with van der Waals surface area (Å²) in [6.45, 7) is 2.23. The van der Waals surface area contributed by atoms with Crippen molar-refractivity contribution in [2.24, 2.45) is 5.92 Å². The summed E-state index contributed by atoms with van der Waals surface area (Å²) in [5.41, 5.74) is 3.32. The van der Waals surface area contributed by atoms with Crippen molar-refractivity contribution < 1.29 is 4.79 Å². The third kappa shape index (κ3) is 5.69. The van der Waals surface area contributed by atoms with Crippen LogP contribution in [0.4, 0.5) is 17.5 Å². The molecule has 33 heavy (non-hydrogen) atoms. The molecule has 2 fully saturated rings. The van der Waals surface area contributed by atoms with Gasteiger partial charge in [-0.25, -0.2) is 9.97 Å². The number of rotatable bonds is 11. The van der Waals surface area contributed by atoms with Crippen LogP contribution in [0.1, 0.15) is 55.6 Å². The molecule has 0 unspecified atom stereocenters. The van der Waals surface area contributed by atoms with E-state index in [1.165, 1.54) is 30.4 Å². The lowest BCUT2D eigenvalue weighted by Gasteiger charge is -2.24. The van der Waals surface area contributed by atoms with Crippen LogP contribution in [0.3, 0.4) is 0 Å². The molecule has 2 heterocycles. The molecule has 8 nitrogen and oxygen atoms in total. The summed E-state index contributed by atoms with van der Waals surface area (Å²) in [6, 6.07) is 8.26. The zero-order valence-corrected chi connectivity index (χ0v) is 18.8. The number of benzene rings is 1. The maximum Gasteiger partial charge on any atom is 0.229 e. The van der Waals surface area contributed by atoms with Crippen molar-refractivity contribution in [3.63, 3.8) is 0 Å². The zero-order valence-electron chi connectivity index (χ0n) is 18.8. The highest BCUT2D eigenvalue weighted by Crippen LogP contribution is 2.42. The van der Waals surface area contributed by atoms with E-state index in [1.54, 1.807) is 6.20 Å². The summed E-state index contributed by atoms with van der Waals surface area (Å²) in [5, 5.41) is 9.88. The molecular weight excluding hydrogens is 414 g/mol. The second-order valence-corrected chi connectivity index (χ2v) is 9.03. The van der Waals surface area contributed by atoms with E-state index in [1.807, 2.05) is 35.4 Å². The van der Waals surface area contributed by atoms with Crippen LogP contribution in [0.5, 0.6) is 0 Å². The topological polar surface area (TPSA) is 96.8 Å². The molecule has 2 aliphatic rings. The number of aromatic nitrogens is 4. The minimum absolute atomic E-state index is 0.212. The molecule has 2 aromatic heterocycles. The Kier molecular flexibility index (Phi) is 6.51. The van der Waals surface area contributed by atoms with E-state index < -0.39 is 0 Å². The molecule has 0 aliphatic heterocycles. The van der Waals surface area contributed by atoms with Crippen molar-refractivity contribution in [1.29, 1.82) is 0 Å². The Bertz CT molecular complexity index is 1070. The van der Waals surface area contributed by atoms with Crippen molar-refractivity contribution >= 4 is 23.4 Å². The van der Waals surface area contributed by atoms with Gasteiger partial charge in [0.05, 0.1) is 6.33 Å². The Morgan fingerprint density at radius 1 is 1.15 bits per heavy atom. The van der Waals surface area contributed by atoms with E-state index in [-0.39, 0.29) is 11.8 Å². The molecule has 5 rings (SSSR count). The Hall–Kier alpha value is -3.42. The van der Waals surface area contributed by atoms with Gasteiger partial charge in [-0.2, -0.15) is 4.98 Å². The smallest absolute Gasteiger partial charge is 0.229 e. The van der Waals surface area contributed by atoms with Gasteiger partial charge < -0.3 is 20.5 Å². The summed E-state index contributed by atoms with van der Waals surface area (Å²) in [7, 11) is 0. The molecule has 3 aromatic rings. The average molecular weight is 446 g/mol. The summed E-state index contributed by atoms with van der Waals surface area (Å²) in [4.78, 5) is 25.4. The third-order valence-electron chi connectivity index (χ3n) is 6.36. The number of nitrogens with one attached hydrogen (secondary N) is 3. The van der Waals surface area contributed by atoms with Gasteiger partial charge in [0.2, 0.25) is 11.9 Å². The molecule has 172 valence electrons. The van der Waals surface area contributed by atoms with Gasteiger partial charge in [-0.3, -0.25) is 4.79 Å². The van der Waals surface area contributed by atoms with E-state index in [0.717, 1.165) is 43.9 Å². The normalized spacial score (nSPS) is 15.6. The fraction of sp³-hybridized carbons (Fsp3) is 0.440. The van der Waals surface area contributed by atoms with Gasteiger partial charge >= 0.3 is 0 Å². The molecular formula is C25H31N7O. The Morgan fingerprint density at radius 2 is 2.06 bits per heavy atom.